The molecular formula is C30H52O. The number of hydrogen-bond donors (Lipinski definition) is 1. The van der Waals surface area contributed by atoms with Crippen molar-refractivity contribution in [1.29, 1.82) is 0 Å². The van der Waals surface area contributed by atoms with Gasteiger partial charge in [0.15, 0.2) is 0 Å². The smallest absolute Gasteiger partial charge is 0.0568 e. The molecule has 0 aromatic carbocycles. The molecule has 0 spiro atoms. The quantitative estimate of drug-likeness (QED) is 0.448. The first-order valence-electron chi connectivity index (χ1n) is 13.9. The van der Waals surface area contributed by atoms with E-state index in [0.717, 1.165) is 41.9 Å². The van der Waals surface area contributed by atoms with Gasteiger partial charge >= 0.3 is 0 Å². The van der Waals surface area contributed by atoms with Crippen molar-refractivity contribution in [3.8, 4) is 0 Å². The van der Waals surface area contributed by atoms with Gasteiger partial charge in [-0.2, -0.15) is 0 Å². The minimum atomic E-state index is -0.0524. The van der Waals surface area contributed by atoms with Crippen molar-refractivity contribution in [1.82, 2.24) is 0 Å². The van der Waals surface area contributed by atoms with E-state index in [4.69, 9.17) is 0 Å². The van der Waals surface area contributed by atoms with E-state index in [-0.39, 0.29) is 6.10 Å². The lowest BCUT2D eigenvalue weighted by molar-refractivity contribution is -0.148. The molecule has 31 heavy (non-hydrogen) atoms. The Labute approximate surface area is 193 Å². The maximum atomic E-state index is 10.6. The summed E-state index contributed by atoms with van der Waals surface area (Å²) in [6.07, 6.45) is 13.5. The van der Waals surface area contributed by atoms with Crippen molar-refractivity contribution in [3.05, 3.63) is 11.6 Å². The van der Waals surface area contributed by atoms with Gasteiger partial charge in [0.1, 0.15) is 0 Å². The van der Waals surface area contributed by atoms with Gasteiger partial charge in [0.05, 0.1) is 6.10 Å². The zero-order chi connectivity index (χ0) is 22.7. The highest BCUT2D eigenvalue weighted by Gasteiger charge is 2.61. The monoisotopic (exact) mass is 428 g/mol. The second-order valence-corrected chi connectivity index (χ2v) is 13.6. The fourth-order valence-corrected chi connectivity index (χ4v) is 9.82. The zero-order valence-corrected chi connectivity index (χ0v) is 22.0. The molecule has 11 atom stereocenters. The second-order valence-electron chi connectivity index (χ2n) is 13.6. The first kappa shape index (κ1) is 23.8. The van der Waals surface area contributed by atoms with Crippen LogP contribution >= 0.6 is 0 Å². The summed E-state index contributed by atoms with van der Waals surface area (Å²) in [5, 5.41) is 10.6. The van der Waals surface area contributed by atoms with E-state index >= 15 is 0 Å². The molecule has 0 aromatic rings. The highest BCUT2D eigenvalue weighted by Crippen LogP contribution is 2.68. The summed E-state index contributed by atoms with van der Waals surface area (Å²) >= 11 is 0. The van der Waals surface area contributed by atoms with Crippen molar-refractivity contribution in [2.45, 2.75) is 113 Å². The van der Waals surface area contributed by atoms with Gasteiger partial charge in [-0.25, -0.2) is 0 Å². The highest BCUT2D eigenvalue weighted by atomic mass is 16.3. The summed E-state index contributed by atoms with van der Waals surface area (Å²) in [7, 11) is 0. The number of allylic oxidation sites excluding steroid dienone is 2. The van der Waals surface area contributed by atoms with Crippen LogP contribution in [-0.4, -0.2) is 11.2 Å². The Morgan fingerprint density at radius 1 is 0.839 bits per heavy atom. The molecule has 0 aromatic heterocycles. The van der Waals surface area contributed by atoms with Crippen molar-refractivity contribution in [2.24, 2.45) is 64.1 Å². The van der Waals surface area contributed by atoms with Crippen LogP contribution in [0, 0.1) is 64.1 Å². The Balaban J connectivity index is 1.53. The third-order valence-electron chi connectivity index (χ3n) is 12.1. The predicted molar refractivity (Wildman–Crippen MR) is 133 cm³/mol. The molecule has 0 aliphatic heterocycles. The average molecular weight is 429 g/mol. The topological polar surface area (TPSA) is 20.2 Å². The van der Waals surface area contributed by atoms with Gasteiger partial charge in [-0.1, -0.05) is 60.1 Å². The van der Waals surface area contributed by atoms with Gasteiger partial charge < -0.3 is 5.11 Å². The highest BCUT2D eigenvalue weighted by molar-refractivity contribution is 5.13. The van der Waals surface area contributed by atoms with Crippen LogP contribution in [0.3, 0.4) is 0 Å². The molecule has 0 heterocycles. The molecule has 4 fully saturated rings. The van der Waals surface area contributed by atoms with Gasteiger partial charge in [0.25, 0.3) is 0 Å². The van der Waals surface area contributed by atoms with E-state index in [9.17, 15) is 5.11 Å². The Kier molecular flexibility index (Phi) is 6.53. The van der Waals surface area contributed by atoms with Crippen LogP contribution in [0.25, 0.3) is 0 Å². The van der Waals surface area contributed by atoms with E-state index in [0.29, 0.717) is 28.6 Å². The maximum absolute atomic E-state index is 10.6. The minimum absolute atomic E-state index is 0.0524. The number of hydrogen-bond acceptors (Lipinski definition) is 1. The van der Waals surface area contributed by atoms with Crippen molar-refractivity contribution < 1.29 is 5.11 Å². The lowest BCUT2D eigenvalue weighted by Crippen LogP contribution is -2.56. The number of fused-ring (bicyclic) bond motifs is 5. The van der Waals surface area contributed by atoms with Gasteiger partial charge in [-0.3, -0.25) is 0 Å². The zero-order valence-electron chi connectivity index (χ0n) is 22.0. The van der Waals surface area contributed by atoms with Crippen LogP contribution in [0.4, 0.5) is 0 Å². The molecular weight excluding hydrogens is 376 g/mol. The van der Waals surface area contributed by atoms with E-state index < -0.39 is 0 Å². The maximum Gasteiger partial charge on any atom is 0.0568 e. The Hall–Kier alpha value is -0.300. The van der Waals surface area contributed by atoms with E-state index in [1.54, 1.807) is 5.57 Å². The second kappa shape index (κ2) is 8.48. The molecule has 4 aliphatic rings. The van der Waals surface area contributed by atoms with Gasteiger partial charge in [0.2, 0.25) is 0 Å². The van der Waals surface area contributed by atoms with E-state index in [1.165, 1.54) is 44.9 Å². The third kappa shape index (κ3) is 3.77. The van der Waals surface area contributed by atoms with Crippen LogP contribution in [0.2, 0.25) is 0 Å². The molecule has 1 nitrogen and oxygen atoms in total. The summed E-state index contributed by atoms with van der Waals surface area (Å²) in [6.45, 7) is 19.7. The van der Waals surface area contributed by atoms with E-state index in [1.807, 2.05) is 0 Å². The molecule has 4 saturated carbocycles. The normalized spacial score (nSPS) is 49.9. The van der Waals surface area contributed by atoms with Crippen molar-refractivity contribution >= 4 is 0 Å². The van der Waals surface area contributed by atoms with Crippen LogP contribution in [0.1, 0.15) is 107 Å². The molecule has 0 unspecified atom stereocenters. The molecule has 4 aliphatic carbocycles. The fraction of sp³-hybridized carbons (Fsp3) is 0.933. The number of rotatable bonds is 4. The van der Waals surface area contributed by atoms with Crippen LogP contribution in [0.15, 0.2) is 11.6 Å². The van der Waals surface area contributed by atoms with Crippen molar-refractivity contribution in [3.63, 3.8) is 0 Å². The molecule has 178 valence electrons. The summed E-state index contributed by atoms with van der Waals surface area (Å²) in [4.78, 5) is 0. The number of aliphatic hydroxyl groups is 1. The first-order chi connectivity index (χ1) is 14.5. The largest absolute Gasteiger partial charge is 0.393 e. The lowest BCUT2D eigenvalue weighted by Gasteiger charge is -2.62. The molecule has 0 bridgehead atoms. The summed E-state index contributed by atoms with van der Waals surface area (Å²) in [5.41, 5.74) is 2.64. The number of aliphatic hydroxyl groups excluding tert-OH is 1. The van der Waals surface area contributed by atoms with Crippen LogP contribution < -0.4 is 0 Å². The molecule has 0 saturated heterocycles. The van der Waals surface area contributed by atoms with Gasteiger partial charge in [-0.05, 0) is 122 Å². The average Bonchev–Trinajstić information content (AvgIpc) is 3.07. The molecule has 1 N–H and O–H groups in total. The summed E-state index contributed by atoms with van der Waals surface area (Å²) < 4.78 is 0. The van der Waals surface area contributed by atoms with Crippen LogP contribution in [-0.2, 0) is 0 Å². The molecule has 0 radical (unpaired) electrons. The Morgan fingerprint density at radius 2 is 1.45 bits per heavy atom. The van der Waals surface area contributed by atoms with Gasteiger partial charge in [0, 0.05) is 0 Å². The van der Waals surface area contributed by atoms with Crippen molar-refractivity contribution in [2.75, 3.05) is 0 Å². The lowest BCUT2D eigenvalue weighted by atomic mass is 9.43. The molecule has 0 amide bonds. The SMILES string of the molecule is CC(=C[C@@H](C)[C@H]1CC[C@H]2[C@@H]3CC[C@H]4[C@H](C)[C@@H](O)CC[C@]4(C)[C@H]3CC[C@]12C)[C@H](C)C(C)C. The Bertz CT molecular complexity index is 678. The third-order valence-corrected chi connectivity index (χ3v) is 12.1. The first-order valence-corrected chi connectivity index (χ1v) is 13.9. The van der Waals surface area contributed by atoms with Gasteiger partial charge in [-0.15, -0.1) is 0 Å². The summed E-state index contributed by atoms with van der Waals surface area (Å²) in [6, 6.07) is 0. The fourth-order valence-electron chi connectivity index (χ4n) is 9.82. The van der Waals surface area contributed by atoms with E-state index in [2.05, 4.69) is 61.5 Å². The van der Waals surface area contributed by atoms with Crippen LogP contribution in [0.5, 0.6) is 0 Å². The Morgan fingerprint density at radius 3 is 2.13 bits per heavy atom. The standard InChI is InChI=1S/C30H52O/c1-18(2)21(5)19(3)17-20(4)24-11-12-26-23-9-10-25-22(6)28(31)14-16-30(25,8)27(23)13-15-29(24,26)7/h17-18,20-28,31H,9-16H2,1-8H3/t20-,21-,22+,23+,24-,25+,26+,27+,28+,29-,30+/m1/s1. The molecule has 4 rings (SSSR count). The molecule has 1 heteroatoms. The predicted octanol–water partition coefficient (Wildman–Crippen LogP) is 8.13. The summed E-state index contributed by atoms with van der Waals surface area (Å²) in [5.74, 6) is 7.05. The minimum Gasteiger partial charge on any atom is -0.393 e.